The van der Waals surface area contributed by atoms with Crippen LogP contribution in [0.25, 0.3) is 0 Å². The standard InChI is InChI=1S/C11H20N4O/c1-8(5-6-12)15(4)11(16)10-7-14(3)13-9(10)2/h7-8H,5-6,12H2,1-4H3. The largest absolute Gasteiger partial charge is 0.339 e. The van der Waals surface area contributed by atoms with Crippen molar-refractivity contribution in [2.75, 3.05) is 13.6 Å². The van der Waals surface area contributed by atoms with Crippen LogP contribution in [0.4, 0.5) is 0 Å². The minimum absolute atomic E-state index is 0.00606. The lowest BCUT2D eigenvalue weighted by Crippen LogP contribution is -2.36. The van der Waals surface area contributed by atoms with E-state index in [1.54, 1.807) is 22.8 Å². The number of hydrogen-bond acceptors (Lipinski definition) is 3. The van der Waals surface area contributed by atoms with Gasteiger partial charge in [0.1, 0.15) is 0 Å². The molecule has 16 heavy (non-hydrogen) atoms. The number of carbonyl (C=O) groups is 1. The Morgan fingerprint density at radius 3 is 2.75 bits per heavy atom. The average Bonchev–Trinajstić information content (AvgIpc) is 2.56. The normalized spacial score (nSPS) is 12.6. The smallest absolute Gasteiger partial charge is 0.257 e. The second-order valence-electron chi connectivity index (χ2n) is 4.14. The number of amides is 1. The van der Waals surface area contributed by atoms with Crippen molar-refractivity contribution in [3.05, 3.63) is 17.5 Å². The number of aromatic nitrogens is 2. The second kappa shape index (κ2) is 5.12. The minimum Gasteiger partial charge on any atom is -0.339 e. The van der Waals surface area contributed by atoms with Crippen LogP contribution in [0.5, 0.6) is 0 Å². The maximum atomic E-state index is 12.1. The van der Waals surface area contributed by atoms with Crippen molar-refractivity contribution in [1.82, 2.24) is 14.7 Å². The molecule has 1 aromatic heterocycles. The van der Waals surface area contributed by atoms with Crippen LogP contribution in [-0.4, -0.2) is 40.2 Å². The molecule has 0 fully saturated rings. The molecule has 0 spiro atoms. The SMILES string of the molecule is Cc1nn(C)cc1C(=O)N(C)C(C)CCN. The highest BCUT2D eigenvalue weighted by molar-refractivity contribution is 5.95. The van der Waals surface area contributed by atoms with Gasteiger partial charge in [-0.2, -0.15) is 5.10 Å². The molecule has 1 atom stereocenters. The molecule has 1 aromatic rings. The summed E-state index contributed by atoms with van der Waals surface area (Å²) < 4.78 is 1.66. The Balaban J connectivity index is 2.81. The van der Waals surface area contributed by atoms with Crippen LogP contribution in [0.2, 0.25) is 0 Å². The van der Waals surface area contributed by atoms with Crippen molar-refractivity contribution in [2.24, 2.45) is 12.8 Å². The summed E-state index contributed by atoms with van der Waals surface area (Å²) in [5, 5.41) is 4.16. The lowest BCUT2D eigenvalue weighted by molar-refractivity contribution is 0.0738. The van der Waals surface area contributed by atoms with E-state index in [2.05, 4.69) is 5.10 Å². The van der Waals surface area contributed by atoms with Crippen molar-refractivity contribution in [2.45, 2.75) is 26.3 Å². The lowest BCUT2D eigenvalue weighted by atomic mass is 10.1. The van der Waals surface area contributed by atoms with E-state index in [0.717, 1.165) is 12.1 Å². The van der Waals surface area contributed by atoms with Gasteiger partial charge in [-0.3, -0.25) is 9.48 Å². The highest BCUT2D eigenvalue weighted by Crippen LogP contribution is 2.11. The number of aryl methyl sites for hydroxylation is 2. The van der Waals surface area contributed by atoms with Crippen molar-refractivity contribution in [3.8, 4) is 0 Å². The van der Waals surface area contributed by atoms with E-state index in [1.807, 2.05) is 20.9 Å². The molecular formula is C11H20N4O. The molecule has 0 bridgehead atoms. The zero-order valence-corrected chi connectivity index (χ0v) is 10.4. The summed E-state index contributed by atoms with van der Waals surface area (Å²) in [6.45, 7) is 4.43. The average molecular weight is 224 g/mol. The number of hydrogen-bond donors (Lipinski definition) is 1. The second-order valence-corrected chi connectivity index (χ2v) is 4.14. The van der Waals surface area contributed by atoms with Gasteiger partial charge in [0.25, 0.3) is 5.91 Å². The molecule has 0 saturated carbocycles. The van der Waals surface area contributed by atoms with Crippen molar-refractivity contribution < 1.29 is 4.79 Å². The summed E-state index contributed by atoms with van der Waals surface area (Å²) in [6.07, 6.45) is 2.56. The summed E-state index contributed by atoms with van der Waals surface area (Å²) in [5.74, 6) is 0.00606. The Bertz CT molecular complexity index is 372. The van der Waals surface area contributed by atoms with Crippen LogP contribution < -0.4 is 5.73 Å². The Morgan fingerprint density at radius 2 is 2.31 bits per heavy atom. The first-order chi connectivity index (χ1) is 7.47. The maximum absolute atomic E-state index is 12.1. The molecule has 5 nitrogen and oxygen atoms in total. The van der Waals surface area contributed by atoms with Crippen LogP contribution in [0.15, 0.2) is 6.20 Å². The molecule has 0 radical (unpaired) electrons. The molecule has 0 saturated heterocycles. The van der Waals surface area contributed by atoms with E-state index in [-0.39, 0.29) is 11.9 Å². The highest BCUT2D eigenvalue weighted by atomic mass is 16.2. The zero-order chi connectivity index (χ0) is 12.3. The fraction of sp³-hybridized carbons (Fsp3) is 0.636. The van der Waals surface area contributed by atoms with Gasteiger partial charge < -0.3 is 10.6 Å². The fourth-order valence-electron chi connectivity index (χ4n) is 1.63. The van der Waals surface area contributed by atoms with E-state index in [9.17, 15) is 4.79 Å². The van der Waals surface area contributed by atoms with Gasteiger partial charge in [0.15, 0.2) is 0 Å². The molecule has 1 unspecified atom stereocenters. The van der Waals surface area contributed by atoms with E-state index in [1.165, 1.54) is 0 Å². The summed E-state index contributed by atoms with van der Waals surface area (Å²) in [5.41, 5.74) is 6.91. The summed E-state index contributed by atoms with van der Waals surface area (Å²) >= 11 is 0. The Labute approximate surface area is 96.2 Å². The Kier molecular flexibility index (Phi) is 4.06. The molecule has 1 rings (SSSR count). The molecule has 0 aliphatic heterocycles. The molecule has 0 aliphatic rings. The third kappa shape index (κ3) is 2.61. The van der Waals surface area contributed by atoms with Crippen LogP contribution in [0.1, 0.15) is 29.4 Å². The monoisotopic (exact) mass is 224 g/mol. The molecule has 5 heteroatoms. The Hall–Kier alpha value is -1.36. The number of rotatable bonds is 4. The highest BCUT2D eigenvalue weighted by Gasteiger charge is 2.20. The predicted octanol–water partition coefficient (Wildman–Crippen LogP) is 0.538. The molecule has 1 heterocycles. The minimum atomic E-state index is 0.00606. The lowest BCUT2D eigenvalue weighted by Gasteiger charge is -2.24. The van der Waals surface area contributed by atoms with Crippen LogP contribution in [0, 0.1) is 6.92 Å². The van der Waals surface area contributed by atoms with Crippen LogP contribution in [-0.2, 0) is 7.05 Å². The molecule has 0 aliphatic carbocycles. The number of nitrogens with zero attached hydrogens (tertiary/aromatic N) is 3. The third-order valence-corrected chi connectivity index (χ3v) is 2.81. The van der Waals surface area contributed by atoms with Crippen molar-refractivity contribution >= 4 is 5.91 Å². The third-order valence-electron chi connectivity index (χ3n) is 2.81. The van der Waals surface area contributed by atoms with Gasteiger partial charge in [-0.15, -0.1) is 0 Å². The summed E-state index contributed by atoms with van der Waals surface area (Å²) in [4.78, 5) is 13.8. The Morgan fingerprint density at radius 1 is 1.69 bits per heavy atom. The van der Waals surface area contributed by atoms with Gasteiger partial charge in [0.2, 0.25) is 0 Å². The zero-order valence-electron chi connectivity index (χ0n) is 10.4. The van der Waals surface area contributed by atoms with Gasteiger partial charge in [0, 0.05) is 26.3 Å². The number of nitrogens with two attached hydrogens (primary N) is 1. The summed E-state index contributed by atoms with van der Waals surface area (Å²) in [7, 11) is 3.61. The van der Waals surface area contributed by atoms with Crippen LogP contribution >= 0.6 is 0 Å². The molecule has 1 amide bonds. The molecule has 2 N–H and O–H groups in total. The van der Waals surface area contributed by atoms with Crippen molar-refractivity contribution in [3.63, 3.8) is 0 Å². The first-order valence-electron chi connectivity index (χ1n) is 5.44. The molecule has 90 valence electrons. The first kappa shape index (κ1) is 12.7. The van der Waals surface area contributed by atoms with E-state index in [0.29, 0.717) is 12.1 Å². The summed E-state index contributed by atoms with van der Waals surface area (Å²) in [6, 6.07) is 0.150. The van der Waals surface area contributed by atoms with Gasteiger partial charge >= 0.3 is 0 Å². The maximum Gasteiger partial charge on any atom is 0.257 e. The van der Waals surface area contributed by atoms with E-state index < -0.39 is 0 Å². The topological polar surface area (TPSA) is 64.2 Å². The van der Waals surface area contributed by atoms with E-state index in [4.69, 9.17) is 5.73 Å². The van der Waals surface area contributed by atoms with Crippen molar-refractivity contribution in [1.29, 1.82) is 0 Å². The molecular weight excluding hydrogens is 204 g/mol. The molecule has 0 aromatic carbocycles. The first-order valence-corrected chi connectivity index (χ1v) is 5.44. The van der Waals surface area contributed by atoms with Gasteiger partial charge in [-0.25, -0.2) is 0 Å². The predicted molar refractivity (Wildman–Crippen MR) is 63.2 cm³/mol. The van der Waals surface area contributed by atoms with Crippen LogP contribution in [0.3, 0.4) is 0 Å². The van der Waals surface area contributed by atoms with Gasteiger partial charge in [-0.05, 0) is 26.8 Å². The fourth-order valence-corrected chi connectivity index (χ4v) is 1.63. The van der Waals surface area contributed by atoms with Gasteiger partial charge in [-0.1, -0.05) is 0 Å². The van der Waals surface area contributed by atoms with Gasteiger partial charge in [0.05, 0.1) is 11.3 Å². The quantitative estimate of drug-likeness (QED) is 0.811. The van der Waals surface area contributed by atoms with E-state index >= 15 is 0 Å². The number of carbonyl (C=O) groups excluding carboxylic acids is 1.